The number of rotatable bonds is 2. The third-order valence-electron chi connectivity index (χ3n) is 0.645. The van der Waals surface area contributed by atoms with Gasteiger partial charge in [0.2, 0.25) is 0 Å². The van der Waals surface area contributed by atoms with Crippen LogP contribution in [0.4, 0.5) is 26.3 Å². The molecule has 0 heterocycles. The van der Waals surface area contributed by atoms with Crippen LogP contribution in [0.3, 0.4) is 0 Å². The number of hydrogen-bond acceptors (Lipinski definition) is 1. The lowest BCUT2D eigenvalue weighted by atomic mass is 10.5. The highest BCUT2D eigenvalue weighted by atomic mass is 19.4. The predicted octanol–water partition coefficient (Wildman–Crippen LogP) is 1.66. The van der Waals surface area contributed by atoms with Crippen LogP contribution in [0.1, 0.15) is 0 Å². The SMILES string of the molecule is FCNC(F)(F)C(F)(F)F. The molecule has 0 saturated heterocycles. The third kappa shape index (κ3) is 2.05. The summed E-state index contributed by atoms with van der Waals surface area (Å²) in [6, 6.07) is -5.14. The number of alkyl halides is 6. The van der Waals surface area contributed by atoms with Crippen molar-refractivity contribution in [2.24, 2.45) is 0 Å². The largest absolute Gasteiger partial charge is 0.469 e. The van der Waals surface area contributed by atoms with Crippen molar-refractivity contribution in [2.75, 3.05) is 6.80 Å². The molecule has 0 aliphatic carbocycles. The molecule has 0 aliphatic rings. The van der Waals surface area contributed by atoms with Crippen molar-refractivity contribution in [3.63, 3.8) is 0 Å². The Morgan fingerprint density at radius 3 is 1.50 bits per heavy atom. The lowest BCUT2D eigenvalue weighted by molar-refractivity contribution is -0.297. The van der Waals surface area contributed by atoms with Crippen LogP contribution in [0.2, 0.25) is 0 Å². The Bertz CT molecular complexity index is 106. The second-order valence-corrected chi connectivity index (χ2v) is 1.38. The summed E-state index contributed by atoms with van der Waals surface area (Å²) < 4.78 is 67.0. The van der Waals surface area contributed by atoms with E-state index in [4.69, 9.17) is 0 Å². The van der Waals surface area contributed by atoms with E-state index in [0.29, 0.717) is 5.32 Å². The molecule has 0 radical (unpaired) electrons. The molecule has 0 aliphatic heterocycles. The van der Waals surface area contributed by atoms with Crippen molar-refractivity contribution in [1.82, 2.24) is 5.32 Å². The molecular weight excluding hydrogens is 164 g/mol. The minimum Gasteiger partial charge on any atom is -0.234 e. The Morgan fingerprint density at radius 1 is 1.00 bits per heavy atom. The van der Waals surface area contributed by atoms with Gasteiger partial charge in [-0.3, -0.25) is 0 Å². The van der Waals surface area contributed by atoms with Crippen LogP contribution >= 0.6 is 0 Å². The number of halogens is 6. The maximum absolute atomic E-state index is 11.5. The summed E-state index contributed by atoms with van der Waals surface area (Å²) in [5.74, 6) is 0. The maximum Gasteiger partial charge on any atom is 0.469 e. The van der Waals surface area contributed by atoms with Gasteiger partial charge in [-0.15, -0.1) is 0 Å². The first-order valence-corrected chi connectivity index (χ1v) is 2.07. The average Bonchev–Trinajstić information content (AvgIpc) is 1.61. The Balaban J connectivity index is 4.10. The molecule has 10 heavy (non-hydrogen) atoms. The van der Waals surface area contributed by atoms with Crippen LogP contribution in [0.15, 0.2) is 0 Å². The van der Waals surface area contributed by atoms with Crippen LogP contribution in [-0.2, 0) is 0 Å². The third-order valence-corrected chi connectivity index (χ3v) is 0.645. The fourth-order valence-corrected chi connectivity index (χ4v) is 0.184. The van der Waals surface area contributed by atoms with Crippen LogP contribution in [0.5, 0.6) is 0 Å². The van der Waals surface area contributed by atoms with Gasteiger partial charge in [0.15, 0.2) is 0 Å². The summed E-state index contributed by atoms with van der Waals surface area (Å²) in [6.07, 6.45) is -5.74. The van der Waals surface area contributed by atoms with E-state index in [2.05, 4.69) is 0 Å². The molecule has 0 unspecified atom stereocenters. The normalized spacial score (nSPS) is 13.8. The lowest BCUT2D eigenvalue weighted by Gasteiger charge is -2.18. The molecule has 0 spiro atoms. The predicted molar refractivity (Wildman–Crippen MR) is 20.1 cm³/mol. The van der Waals surface area contributed by atoms with Crippen LogP contribution in [0, 0.1) is 0 Å². The van der Waals surface area contributed by atoms with Crippen molar-refractivity contribution in [2.45, 2.75) is 12.2 Å². The highest BCUT2D eigenvalue weighted by Gasteiger charge is 2.57. The van der Waals surface area contributed by atoms with Gasteiger partial charge in [0.1, 0.15) is 6.80 Å². The first kappa shape index (κ1) is 9.54. The highest BCUT2D eigenvalue weighted by molar-refractivity contribution is 4.70. The second-order valence-electron chi connectivity index (χ2n) is 1.38. The van der Waals surface area contributed by atoms with Gasteiger partial charge in [-0.05, 0) is 0 Å². The van der Waals surface area contributed by atoms with Gasteiger partial charge in [-0.1, -0.05) is 0 Å². The van der Waals surface area contributed by atoms with Crippen molar-refractivity contribution in [3.05, 3.63) is 0 Å². The van der Waals surface area contributed by atoms with Gasteiger partial charge >= 0.3 is 12.2 Å². The minimum absolute atomic E-state index is 0.337. The fraction of sp³-hybridized carbons (Fsp3) is 1.00. The topological polar surface area (TPSA) is 12.0 Å². The van der Waals surface area contributed by atoms with E-state index in [-0.39, 0.29) is 0 Å². The zero-order valence-electron chi connectivity index (χ0n) is 4.47. The smallest absolute Gasteiger partial charge is 0.234 e. The molecule has 0 aromatic heterocycles. The Hall–Kier alpha value is -0.460. The zero-order chi connectivity index (χ0) is 8.41. The van der Waals surface area contributed by atoms with Crippen LogP contribution in [0.25, 0.3) is 0 Å². The standard InChI is InChI=1S/C3H3F6N/c4-1-10-3(8,9)2(5,6)7/h10H,1H2. The summed E-state index contributed by atoms with van der Waals surface area (Å²) in [5, 5.41) is 0.337. The van der Waals surface area contributed by atoms with Gasteiger partial charge in [0.05, 0.1) is 0 Å². The maximum atomic E-state index is 11.5. The van der Waals surface area contributed by atoms with Crippen molar-refractivity contribution in [1.29, 1.82) is 0 Å². The molecule has 0 fully saturated rings. The zero-order valence-corrected chi connectivity index (χ0v) is 4.47. The highest BCUT2D eigenvalue weighted by Crippen LogP contribution is 2.32. The summed E-state index contributed by atoms with van der Waals surface area (Å²) in [6.45, 7) is -1.92. The monoisotopic (exact) mass is 167 g/mol. The first-order valence-electron chi connectivity index (χ1n) is 2.07. The van der Waals surface area contributed by atoms with E-state index in [0.717, 1.165) is 0 Å². The molecular formula is C3H3F6N. The quantitative estimate of drug-likeness (QED) is 0.487. The van der Waals surface area contributed by atoms with Crippen molar-refractivity contribution in [3.8, 4) is 0 Å². The lowest BCUT2D eigenvalue weighted by Crippen LogP contribution is -2.49. The molecule has 0 bridgehead atoms. The fourth-order valence-electron chi connectivity index (χ4n) is 0.184. The van der Waals surface area contributed by atoms with E-state index >= 15 is 0 Å². The molecule has 0 rings (SSSR count). The van der Waals surface area contributed by atoms with Crippen LogP contribution < -0.4 is 5.32 Å². The van der Waals surface area contributed by atoms with E-state index in [1.165, 1.54) is 0 Å². The van der Waals surface area contributed by atoms with Gasteiger partial charge in [0, 0.05) is 0 Å². The molecule has 7 heteroatoms. The van der Waals surface area contributed by atoms with Crippen molar-refractivity contribution < 1.29 is 26.3 Å². The van der Waals surface area contributed by atoms with Gasteiger partial charge in [-0.25, -0.2) is 9.71 Å². The molecule has 1 N–H and O–H groups in total. The first-order chi connectivity index (χ1) is 4.31. The summed E-state index contributed by atoms with van der Waals surface area (Å²) >= 11 is 0. The summed E-state index contributed by atoms with van der Waals surface area (Å²) in [5.41, 5.74) is 0. The van der Waals surface area contributed by atoms with Crippen molar-refractivity contribution >= 4 is 0 Å². The molecule has 1 nitrogen and oxygen atoms in total. The molecule has 0 aromatic carbocycles. The molecule has 0 saturated carbocycles. The number of nitrogens with one attached hydrogen (secondary N) is 1. The van der Waals surface area contributed by atoms with E-state index < -0.39 is 19.0 Å². The minimum atomic E-state index is -5.74. The Morgan fingerprint density at radius 2 is 1.40 bits per heavy atom. The number of hydrogen-bond donors (Lipinski definition) is 1. The molecule has 0 atom stereocenters. The second kappa shape index (κ2) is 2.65. The Labute approximate surface area is 52.0 Å². The van der Waals surface area contributed by atoms with E-state index in [1.54, 1.807) is 0 Å². The molecule has 0 amide bonds. The molecule has 0 aromatic rings. The Kier molecular flexibility index (Phi) is 2.53. The van der Waals surface area contributed by atoms with Gasteiger partial charge < -0.3 is 0 Å². The molecule has 62 valence electrons. The summed E-state index contributed by atoms with van der Waals surface area (Å²) in [4.78, 5) is 0. The van der Waals surface area contributed by atoms with Gasteiger partial charge in [-0.2, -0.15) is 22.0 Å². The van der Waals surface area contributed by atoms with Crippen LogP contribution in [-0.4, -0.2) is 19.0 Å². The summed E-state index contributed by atoms with van der Waals surface area (Å²) in [7, 11) is 0. The van der Waals surface area contributed by atoms with E-state index in [9.17, 15) is 26.3 Å². The van der Waals surface area contributed by atoms with Gasteiger partial charge in [0.25, 0.3) is 0 Å². The average molecular weight is 167 g/mol. The van der Waals surface area contributed by atoms with E-state index in [1.807, 2.05) is 0 Å².